The van der Waals surface area contributed by atoms with E-state index in [9.17, 15) is 18.8 Å². The highest BCUT2D eigenvalue weighted by Crippen LogP contribution is 2.21. The van der Waals surface area contributed by atoms with Gasteiger partial charge in [-0.05, 0) is 48.2 Å². The number of carbonyl (C=O) groups excluding carboxylic acids is 3. The third kappa shape index (κ3) is 8.78. The zero-order chi connectivity index (χ0) is 29.4. The number of carbonyl (C=O) groups is 3. The van der Waals surface area contributed by atoms with E-state index >= 15 is 0 Å². The first-order valence-electron chi connectivity index (χ1n) is 12.9. The predicted molar refractivity (Wildman–Crippen MR) is 161 cm³/mol. The topological polar surface area (TPSA) is 122 Å². The van der Waals surface area contributed by atoms with Crippen LogP contribution in [0.15, 0.2) is 73.1 Å². The fraction of sp³-hybridized carbons (Fsp3) is 0.207. The minimum absolute atomic E-state index is 0.00338. The molecule has 4 rings (SSSR count). The Labute approximate surface area is 242 Å². The third-order valence-corrected chi connectivity index (χ3v) is 8.99. The molecule has 2 aromatic heterocycles. The van der Waals surface area contributed by atoms with Crippen molar-refractivity contribution in [1.82, 2.24) is 9.97 Å². The molecule has 0 saturated carbocycles. The molecule has 41 heavy (non-hydrogen) atoms. The first-order chi connectivity index (χ1) is 19.6. The number of ether oxygens (including phenoxy) is 1. The van der Waals surface area contributed by atoms with Gasteiger partial charge in [0.25, 0.3) is 0 Å². The Balaban J connectivity index is 1.26. The first-order valence-corrected chi connectivity index (χ1v) is 17.2. The van der Waals surface area contributed by atoms with Crippen molar-refractivity contribution < 1.29 is 23.5 Å². The van der Waals surface area contributed by atoms with Gasteiger partial charge in [-0.3, -0.25) is 10.1 Å². The van der Waals surface area contributed by atoms with Gasteiger partial charge in [0.15, 0.2) is 5.13 Å². The molecule has 2 heterocycles. The molecule has 0 aliphatic carbocycles. The summed E-state index contributed by atoms with van der Waals surface area (Å²) in [5, 5.41) is 9.12. The van der Waals surface area contributed by atoms with E-state index in [-0.39, 0.29) is 18.1 Å². The number of hydrogen-bond donors (Lipinski definition) is 3. The van der Waals surface area contributed by atoms with Crippen LogP contribution in [0, 0.1) is 5.82 Å². The molecule has 2 aromatic carbocycles. The van der Waals surface area contributed by atoms with Gasteiger partial charge in [0, 0.05) is 17.3 Å². The van der Waals surface area contributed by atoms with Crippen LogP contribution in [-0.2, 0) is 33.8 Å². The molecule has 0 saturated heterocycles. The molecular formula is C29H30FN5O4SSi. The van der Waals surface area contributed by atoms with Crippen LogP contribution in [0.5, 0.6) is 0 Å². The number of esters is 1. The van der Waals surface area contributed by atoms with Gasteiger partial charge in [0.1, 0.15) is 18.2 Å². The first kappa shape index (κ1) is 29.6. The van der Waals surface area contributed by atoms with Crippen molar-refractivity contribution >= 4 is 59.1 Å². The molecule has 0 spiro atoms. The third-order valence-electron chi connectivity index (χ3n) is 5.98. The van der Waals surface area contributed by atoms with E-state index in [0.717, 1.165) is 21.2 Å². The van der Waals surface area contributed by atoms with Gasteiger partial charge in [0.05, 0.1) is 13.8 Å². The van der Waals surface area contributed by atoms with E-state index in [1.54, 1.807) is 48.8 Å². The largest absolute Gasteiger partial charge is 0.454 e. The van der Waals surface area contributed by atoms with E-state index in [1.807, 2.05) is 18.2 Å². The van der Waals surface area contributed by atoms with Crippen LogP contribution in [0.4, 0.5) is 25.8 Å². The highest BCUT2D eigenvalue weighted by atomic mass is 32.1. The summed E-state index contributed by atoms with van der Waals surface area (Å²) in [5.74, 6) is -2.17. The number of halogens is 1. The van der Waals surface area contributed by atoms with Crippen LogP contribution in [0.25, 0.3) is 0 Å². The van der Waals surface area contributed by atoms with Crippen molar-refractivity contribution in [2.75, 3.05) is 16.0 Å². The number of amides is 3. The fourth-order valence-electron chi connectivity index (χ4n) is 3.74. The number of hydrogen-bond acceptors (Lipinski definition) is 7. The lowest BCUT2D eigenvalue weighted by atomic mass is 10.1. The lowest BCUT2D eigenvalue weighted by Crippen LogP contribution is -2.38. The molecule has 212 valence electrons. The summed E-state index contributed by atoms with van der Waals surface area (Å²) in [6, 6.07) is 16.8. The Morgan fingerprint density at radius 3 is 2.44 bits per heavy atom. The maximum Gasteiger partial charge on any atom is 0.397 e. The number of aromatic nitrogens is 2. The summed E-state index contributed by atoms with van der Waals surface area (Å²) in [6.07, 6.45) is 4.43. The smallest absolute Gasteiger partial charge is 0.397 e. The lowest BCUT2D eigenvalue weighted by Gasteiger charge is -2.18. The molecule has 0 radical (unpaired) electrons. The second-order valence-corrected chi connectivity index (χ2v) is 16.4. The average molecular weight is 592 g/mol. The minimum Gasteiger partial charge on any atom is -0.454 e. The molecule has 0 bridgehead atoms. The van der Waals surface area contributed by atoms with Crippen LogP contribution >= 0.6 is 11.3 Å². The SMILES string of the molecule is C[Si](C)(C)c1ccc(F)c(NC(=O)Nc2ncc(CCc3ccnc(NC(=O)C(=O)OCc4ccccc4)c3)s2)c1. The summed E-state index contributed by atoms with van der Waals surface area (Å²) in [6.45, 7) is 6.44. The standard InChI is InChI=1S/C29H30FN5O4SSi/c1-41(2,3)22-11-12-23(30)24(16-22)33-28(38)35-29-32-17-21(40-29)10-9-19-13-14-31-25(15-19)34-26(36)27(37)39-18-20-7-5-4-6-8-20/h4-8,11-17H,9-10,18H2,1-3H3,(H,31,34,36)(H2,32,33,35,38). The van der Waals surface area contributed by atoms with Crippen LogP contribution in [0.2, 0.25) is 19.6 Å². The summed E-state index contributed by atoms with van der Waals surface area (Å²) >= 11 is 1.31. The lowest BCUT2D eigenvalue weighted by molar-refractivity contribution is -0.153. The summed E-state index contributed by atoms with van der Waals surface area (Å²) in [7, 11) is -1.67. The Kier molecular flexibility index (Phi) is 9.58. The molecular weight excluding hydrogens is 562 g/mol. The van der Waals surface area contributed by atoms with Gasteiger partial charge < -0.3 is 15.4 Å². The van der Waals surface area contributed by atoms with E-state index in [2.05, 4.69) is 45.6 Å². The van der Waals surface area contributed by atoms with E-state index in [1.165, 1.54) is 17.4 Å². The quantitative estimate of drug-likeness (QED) is 0.137. The normalized spacial score (nSPS) is 11.0. The highest BCUT2D eigenvalue weighted by molar-refractivity contribution is 7.15. The number of benzene rings is 2. The van der Waals surface area contributed by atoms with Gasteiger partial charge in [0.2, 0.25) is 0 Å². The maximum absolute atomic E-state index is 14.3. The molecule has 0 aliphatic heterocycles. The second kappa shape index (κ2) is 13.3. The Morgan fingerprint density at radius 1 is 0.902 bits per heavy atom. The molecule has 4 aromatic rings. The van der Waals surface area contributed by atoms with Crippen molar-refractivity contribution in [1.29, 1.82) is 0 Å². The fourth-order valence-corrected chi connectivity index (χ4v) is 5.71. The van der Waals surface area contributed by atoms with Gasteiger partial charge >= 0.3 is 17.9 Å². The molecule has 0 aliphatic rings. The summed E-state index contributed by atoms with van der Waals surface area (Å²) in [5.41, 5.74) is 1.78. The van der Waals surface area contributed by atoms with Crippen molar-refractivity contribution in [3.63, 3.8) is 0 Å². The second-order valence-electron chi connectivity index (χ2n) is 10.2. The van der Waals surface area contributed by atoms with Crippen molar-refractivity contribution in [2.45, 2.75) is 39.1 Å². The number of pyridine rings is 1. The molecule has 0 unspecified atom stereocenters. The Hall–Kier alpha value is -4.42. The Bertz CT molecular complexity index is 1540. The summed E-state index contributed by atoms with van der Waals surface area (Å²) in [4.78, 5) is 46.0. The van der Waals surface area contributed by atoms with Crippen molar-refractivity contribution in [3.05, 3.63) is 94.9 Å². The molecule has 0 fully saturated rings. The predicted octanol–water partition coefficient (Wildman–Crippen LogP) is 5.33. The van der Waals surface area contributed by atoms with Gasteiger partial charge in [-0.15, -0.1) is 11.3 Å². The van der Waals surface area contributed by atoms with Crippen LogP contribution in [0.3, 0.4) is 0 Å². The maximum atomic E-state index is 14.3. The van der Waals surface area contributed by atoms with Gasteiger partial charge in [-0.25, -0.2) is 23.9 Å². The number of nitrogens with one attached hydrogen (secondary N) is 3. The molecule has 9 nitrogen and oxygen atoms in total. The van der Waals surface area contributed by atoms with E-state index in [0.29, 0.717) is 18.0 Å². The molecule has 3 amide bonds. The number of aryl methyl sites for hydroxylation is 2. The number of thiazole rings is 1. The van der Waals surface area contributed by atoms with Gasteiger partial charge in [-0.2, -0.15) is 0 Å². The zero-order valence-electron chi connectivity index (χ0n) is 22.9. The van der Waals surface area contributed by atoms with Gasteiger partial charge in [-0.1, -0.05) is 61.2 Å². The zero-order valence-corrected chi connectivity index (χ0v) is 24.7. The van der Waals surface area contributed by atoms with Crippen molar-refractivity contribution in [2.24, 2.45) is 0 Å². The van der Waals surface area contributed by atoms with Crippen molar-refractivity contribution in [3.8, 4) is 0 Å². The number of anilines is 3. The average Bonchev–Trinajstić information content (AvgIpc) is 3.39. The number of urea groups is 1. The molecule has 0 atom stereocenters. The number of nitrogens with zero attached hydrogens (tertiary/aromatic N) is 2. The molecule has 3 N–H and O–H groups in total. The minimum atomic E-state index is -1.67. The number of rotatable bonds is 9. The van der Waals surface area contributed by atoms with Crippen LogP contribution < -0.4 is 21.1 Å². The highest BCUT2D eigenvalue weighted by Gasteiger charge is 2.19. The molecule has 12 heteroatoms. The Morgan fingerprint density at radius 2 is 1.68 bits per heavy atom. The monoisotopic (exact) mass is 591 g/mol. The van der Waals surface area contributed by atoms with E-state index < -0.39 is 31.8 Å². The summed E-state index contributed by atoms with van der Waals surface area (Å²) < 4.78 is 19.3. The van der Waals surface area contributed by atoms with E-state index in [4.69, 9.17) is 4.74 Å². The van der Waals surface area contributed by atoms with Crippen LogP contribution in [-0.4, -0.2) is 35.9 Å². The van der Waals surface area contributed by atoms with Crippen LogP contribution in [0.1, 0.15) is 16.0 Å².